The molecule has 2 fully saturated rings. The minimum Gasteiger partial charge on any atom is -0.478 e. The number of hydrogen-bond donors (Lipinski definition) is 10. The van der Waals surface area contributed by atoms with Crippen molar-refractivity contribution in [3.63, 3.8) is 0 Å². The Labute approximate surface area is 305 Å². The number of aromatic nitrogens is 3. The molecule has 0 radical (unpaired) electrons. The number of carbonyl (C=O) groups excluding carboxylic acids is 3. The number of aliphatic hydroxyl groups excluding tert-OH is 2. The van der Waals surface area contributed by atoms with E-state index < -0.39 is 56.1 Å². The van der Waals surface area contributed by atoms with Crippen LogP contribution in [0, 0.1) is 5.92 Å². The van der Waals surface area contributed by atoms with Crippen molar-refractivity contribution in [1.82, 2.24) is 36.3 Å². The fourth-order valence-corrected chi connectivity index (χ4v) is 8.73. The Morgan fingerprint density at radius 1 is 1.25 bits per heavy atom. The van der Waals surface area contributed by atoms with Crippen molar-refractivity contribution in [3.05, 3.63) is 23.5 Å². The average Bonchev–Trinajstić information content (AvgIpc) is 3.74. The van der Waals surface area contributed by atoms with Gasteiger partial charge in [-0.3, -0.25) is 14.0 Å². The number of urea groups is 1. The number of unbranched alkanes of at least 4 members (excludes halogenated alkanes) is 3. The Balaban J connectivity index is 1.12. The Kier molecular flexibility index (Phi) is 14.6. The summed E-state index contributed by atoms with van der Waals surface area (Å²) in [7, 11) is -4.94. The summed E-state index contributed by atoms with van der Waals surface area (Å²) in [5, 5.41) is 40.0. The molecule has 4 rings (SSSR count). The summed E-state index contributed by atoms with van der Waals surface area (Å²) in [4.78, 5) is 60.1. The van der Waals surface area contributed by atoms with Gasteiger partial charge in [0.15, 0.2) is 12.1 Å². The minimum absolute atomic E-state index is 0.0301. The highest BCUT2D eigenvalue weighted by molar-refractivity contribution is 8.00. The van der Waals surface area contributed by atoms with Gasteiger partial charge in [-0.2, -0.15) is 11.8 Å². The number of amides is 4. The SMILES string of the molecule is C[C@H]1[C@H]([C@H](OC(=O)NCc2cn(CCCCCNC(=O)CCCCC3SC[C@]4(C)NC(=O)N[C@H]34)nn2)[C@H](O)CO)OC(P(=O)(O)O)=C[C@@H]1N=C(N)N. The van der Waals surface area contributed by atoms with Crippen LogP contribution in [0.5, 0.6) is 0 Å². The molecule has 0 bridgehead atoms. The molecule has 4 heterocycles. The van der Waals surface area contributed by atoms with Crippen LogP contribution < -0.4 is 32.7 Å². The van der Waals surface area contributed by atoms with Crippen LogP contribution in [-0.4, -0.2) is 119 Å². The molecule has 1 aromatic heterocycles. The summed E-state index contributed by atoms with van der Waals surface area (Å²) in [5.41, 5.74) is 10.4. The predicted molar refractivity (Wildman–Crippen MR) is 189 cm³/mol. The molecular weight excluding hydrogens is 723 g/mol. The third-order valence-electron chi connectivity index (χ3n) is 9.22. The van der Waals surface area contributed by atoms with Crippen molar-refractivity contribution < 1.29 is 48.4 Å². The molecule has 0 aromatic carbocycles. The van der Waals surface area contributed by atoms with E-state index in [1.165, 1.54) is 0 Å². The smallest absolute Gasteiger partial charge is 0.407 e. The van der Waals surface area contributed by atoms with Crippen LogP contribution in [-0.2, 0) is 31.9 Å². The van der Waals surface area contributed by atoms with Crippen LogP contribution in [0.2, 0.25) is 0 Å². The first-order chi connectivity index (χ1) is 24.6. The average molecular weight is 775 g/mol. The Hall–Kier alpha value is -3.62. The molecule has 12 N–H and O–H groups in total. The number of ether oxygens (including phenoxy) is 2. The van der Waals surface area contributed by atoms with E-state index in [0.29, 0.717) is 30.5 Å². The topological polar surface area (TPSA) is 311 Å². The highest BCUT2D eigenvalue weighted by Gasteiger charge is 2.51. The number of carbonyl (C=O) groups is 3. The van der Waals surface area contributed by atoms with E-state index in [9.17, 15) is 38.9 Å². The van der Waals surface area contributed by atoms with Gasteiger partial charge in [0.05, 0.1) is 37.0 Å². The first kappa shape index (κ1) is 41.1. The molecule has 52 heavy (non-hydrogen) atoms. The summed E-state index contributed by atoms with van der Waals surface area (Å²) in [6, 6.07) is -0.960. The fraction of sp³-hybridized carbons (Fsp3) is 0.733. The molecule has 4 amide bonds. The van der Waals surface area contributed by atoms with Gasteiger partial charge < -0.3 is 62.2 Å². The monoisotopic (exact) mass is 774 g/mol. The predicted octanol–water partition coefficient (Wildman–Crippen LogP) is -0.675. The van der Waals surface area contributed by atoms with Gasteiger partial charge in [-0.05, 0) is 45.1 Å². The maximum atomic E-state index is 12.7. The maximum absolute atomic E-state index is 12.7. The van der Waals surface area contributed by atoms with E-state index in [0.717, 1.165) is 50.4 Å². The molecule has 20 nitrogen and oxygen atoms in total. The lowest BCUT2D eigenvalue weighted by Gasteiger charge is -2.39. The number of fused-ring (bicyclic) bond motifs is 1. The minimum atomic E-state index is -4.94. The van der Waals surface area contributed by atoms with Crippen LogP contribution in [0.1, 0.15) is 64.5 Å². The van der Waals surface area contributed by atoms with Gasteiger partial charge in [0.25, 0.3) is 0 Å². The summed E-state index contributed by atoms with van der Waals surface area (Å²) >= 11 is 1.87. The number of aliphatic hydroxyl groups is 2. The largest absolute Gasteiger partial charge is 0.478 e. The van der Waals surface area contributed by atoms with Crippen molar-refractivity contribution in [2.45, 2.75) is 113 Å². The Bertz CT molecular complexity index is 1510. The summed E-state index contributed by atoms with van der Waals surface area (Å²) < 4.78 is 24.4. The highest BCUT2D eigenvalue weighted by atomic mass is 32.2. The molecule has 2 saturated heterocycles. The van der Waals surface area contributed by atoms with Crippen LogP contribution >= 0.6 is 19.4 Å². The van der Waals surface area contributed by atoms with E-state index in [2.05, 4.69) is 43.5 Å². The highest BCUT2D eigenvalue weighted by Crippen LogP contribution is 2.50. The number of nitrogens with two attached hydrogens (primary N) is 2. The molecule has 3 aliphatic rings. The van der Waals surface area contributed by atoms with Crippen LogP contribution in [0.25, 0.3) is 0 Å². The molecule has 0 spiro atoms. The fourth-order valence-electron chi connectivity index (χ4n) is 6.41. The van der Waals surface area contributed by atoms with Crippen molar-refractivity contribution >= 4 is 43.3 Å². The lowest BCUT2D eigenvalue weighted by atomic mass is 9.88. The van der Waals surface area contributed by atoms with Gasteiger partial charge in [-0.1, -0.05) is 18.6 Å². The Morgan fingerprint density at radius 2 is 2.02 bits per heavy atom. The van der Waals surface area contributed by atoms with Crippen LogP contribution in [0.3, 0.4) is 0 Å². The number of nitrogens with one attached hydrogen (secondary N) is 4. The van der Waals surface area contributed by atoms with Crippen molar-refractivity contribution in [3.8, 4) is 0 Å². The number of aliphatic imine (C=N–C) groups is 1. The van der Waals surface area contributed by atoms with Gasteiger partial charge in [0, 0.05) is 36.4 Å². The molecule has 292 valence electrons. The molecule has 8 atom stereocenters. The third-order valence-corrected chi connectivity index (χ3v) is 11.7. The van der Waals surface area contributed by atoms with E-state index in [1.807, 2.05) is 11.8 Å². The van der Waals surface area contributed by atoms with Crippen molar-refractivity contribution in [2.75, 3.05) is 18.9 Å². The van der Waals surface area contributed by atoms with E-state index >= 15 is 0 Å². The number of nitrogens with zero attached hydrogens (tertiary/aromatic N) is 4. The number of aryl methyl sites for hydroxylation is 1. The summed E-state index contributed by atoms with van der Waals surface area (Å²) in [6.07, 6.45) is 2.67. The summed E-state index contributed by atoms with van der Waals surface area (Å²) in [5.74, 6) is -0.192. The number of rotatable bonds is 19. The van der Waals surface area contributed by atoms with Crippen LogP contribution in [0.15, 0.2) is 22.8 Å². The number of thioether (sulfide) groups is 1. The first-order valence-corrected chi connectivity index (χ1v) is 19.9. The second-order valence-corrected chi connectivity index (χ2v) is 16.2. The molecular formula is C30H51N10O10PS. The Morgan fingerprint density at radius 3 is 2.73 bits per heavy atom. The van der Waals surface area contributed by atoms with Gasteiger partial charge in [0.2, 0.25) is 11.4 Å². The zero-order chi connectivity index (χ0) is 38.1. The lowest BCUT2D eigenvalue weighted by molar-refractivity contribution is -0.121. The quantitative estimate of drug-likeness (QED) is 0.0274. The van der Waals surface area contributed by atoms with Crippen molar-refractivity contribution in [1.29, 1.82) is 0 Å². The maximum Gasteiger partial charge on any atom is 0.407 e. The number of hydrogen-bond acceptors (Lipinski definition) is 12. The van der Waals surface area contributed by atoms with E-state index in [4.69, 9.17) is 20.9 Å². The van der Waals surface area contributed by atoms with E-state index in [-0.39, 0.29) is 36.0 Å². The zero-order valence-corrected chi connectivity index (χ0v) is 30.9. The molecule has 0 saturated carbocycles. The van der Waals surface area contributed by atoms with Gasteiger partial charge in [-0.25, -0.2) is 14.6 Å². The molecule has 3 aliphatic heterocycles. The first-order valence-electron chi connectivity index (χ1n) is 17.2. The number of guanidine groups is 1. The second kappa shape index (κ2) is 18.4. The van der Waals surface area contributed by atoms with Gasteiger partial charge in [-0.15, -0.1) is 5.10 Å². The van der Waals surface area contributed by atoms with E-state index in [1.54, 1.807) is 17.8 Å². The normalized spacial score (nSPS) is 26.5. The molecule has 1 aromatic rings. The van der Waals surface area contributed by atoms with Gasteiger partial charge >= 0.3 is 19.7 Å². The standard InChI is InChI=1S/C30H51N10O10PS/c1-17-19(35-27(31)32)12-23(51(46,47)48)49-24(17)25(20(42)15-41)50-29(45)34-13-18-14-40(39-38-18)11-7-3-6-10-33-22(43)9-5-4-8-21-26-30(2,16-52-21)37-28(44)36-26/h12,14,17,19-21,24-26,41-42H,3-11,13,15-16H2,1-2H3,(H,33,43)(H,34,45)(H4,31,32,35)(H2,36,37,44)(H2,46,47,48)/t17-,19+,20-,21?,24-,25-,26-,30+/m1/s1. The lowest BCUT2D eigenvalue weighted by Crippen LogP contribution is -2.52. The van der Waals surface area contributed by atoms with Gasteiger partial charge in [0.1, 0.15) is 17.9 Å². The summed E-state index contributed by atoms with van der Waals surface area (Å²) in [6.45, 7) is 3.83. The molecule has 22 heteroatoms. The van der Waals surface area contributed by atoms with Crippen molar-refractivity contribution in [2.24, 2.45) is 22.4 Å². The zero-order valence-electron chi connectivity index (χ0n) is 29.2. The number of alkyl carbamates (subject to hydrolysis) is 1. The second-order valence-electron chi connectivity index (χ2n) is 13.5. The molecule has 0 aliphatic carbocycles. The third kappa shape index (κ3) is 11.4. The van der Waals surface area contributed by atoms with Crippen LogP contribution in [0.4, 0.5) is 9.59 Å². The molecule has 1 unspecified atom stereocenters.